The number of likely N-dealkylation sites (tertiary alicyclic amines) is 1. The van der Waals surface area contributed by atoms with Gasteiger partial charge in [0.15, 0.2) is 0 Å². The number of hydrogen-bond donors (Lipinski definition) is 2. The van der Waals surface area contributed by atoms with Crippen molar-refractivity contribution in [3.63, 3.8) is 0 Å². The molecule has 0 radical (unpaired) electrons. The second-order valence-corrected chi connectivity index (χ2v) is 9.34. The van der Waals surface area contributed by atoms with Gasteiger partial charge in [-0.1, -0.05) is 17.7 Å². The Morgan fingerprint density at radius 1 is 1.21 bits per heavy atom. The van der Waals surface area contributed by atoms with Gasteiger partial charge >= 0.3 is 6.09 Å². The first-order chi connectivity index (χ1) is 15.6. The van der Waals surface area contributed by atoms with Crippen LogP contribution in [-0.4, -0.2) is 60.9 Å². The van der Waals surface area contributed by atoms with Crippen LogP contribution in [0.5, 0.6) is 0 Å². The fourth-order valence-electron chi connectivity index (χ4n) is 3.80. The number of carboxylic acid groups (broad SMARTS) is 1. The molecular weight excluding hydrogens is 446 g/mol. The smallest absolute Gasteiger partial charge is 0.408 e. The number of rotatable bonds is 6. The lowest BCUT2D eigenvalue weighted by atomic mass is 10.0. The SMILES string of the molecule is CC(C)(C)N(Cc1ccc(Cl)cc1CNC(=O)[C@@H]1CCCN1C(=O)c1ncccn1)C(=O)O. The molecule has 3 amide bonds. The zero-order valence-electron chi connectivity index (χ0n) is 18.9. The number of nitrogens with zero attached hydrogens (tertiary/aromatic N) is 4. The van der Waals surface area contributed by atoms with Gasteiger partial charge in [0.2, 0.25) is 11.7 Å². The van der Waals surface area contributed by atoms with Crippen LogP contribution >= 0.6 is 11.6 Å². The third-order valence-corrected chi connectivity index (χ3v) is 5.80. The van der Waals surface area contributed by atoms with E-state index in [0.717, 1.165) is 5.56 Å². The topological polar surface area (TPSA) is 116 Å². The minimum atomic E-state index is -1.03. The second-order valence-electron chi connectivity index (χ2n) is 8.90. The number of aromatic nitrogens is 2. The van der Waals surface area contributed by atoms with Gasteiger partial charge in [0, 0.05) is 42.6 Å². The lowest BCUT2D eigenvalue weighted by Gasteiger charge is -2.33. The molecule has 0 bridgehead atoms. The highest BCUT2D eigenvalue weighted by atomic mass is 35.5. The van der Waals surface area contributed by atoms with E-state index in [1.165, 1.54) is 22.2 Å². The van der Waals surface area contributed by atoms with E-state index in [1.54, 1.807) is 24.3 Å². The minimum absolute atomic E-state index is 0.0604. The van der Waals surface area contributed by atoms with Crippen molar-refractivity contribution < 1.29 is 19.5 Å². The summed E-state index contributed by atoms with van der Waals surface area (Å²) in [7, 11) is 0. The van der Waals surface area contributed by atoms with Crippen molar-refractivity contribution in [1.29, 1.82) is 0 Å². The Labute approximate surface area is 197 Å². The summed E-state index contributed by atoms with van der Waals surface area (Å²) in [6.07, 6.45) is 3.20. The van der Waals surface area contributed by atoms with Gasteiger partial charge in [-0.05, 0) is 62.9 Å². The molecule has 10 heteroatoms. The van der Waals surface area contributed by atoms with Gasteiger partial charge in [0.25, 0.3) is 5.91 Å². The summed E-state index contributed by atoms with van der Waals surface area (Å²) in [4.78, 5) is 48.3. The molecule has 1 aliphatic heterocycles. The van der Waals surface area contributed by atoms with Crippen LogP contribution < -0.4 is 5.32 Å². The molecule has 2 heterocycles. The normalized spacial score (nSPS) is 15.9. The summed E-state index contributed by atoms with van der Waals surface area (Å²) in [5.41, 5.74) is 0.860. The highest BCUT2D eigenvalue weighted by Crippen LogP contribution is 2.23. The molecule has 0 unspecified atom stereocenters. The Morgan fingerprint density at radius 2 is 1.91 bits per heavy atom. The maximum atomic E-state index is 13.0. The Bertz CT molecular complexity index is 1030. The molecule has 1 aromatic heterocycles. The molecule has 0 aliphatic carbocycles. The fourth-order valence-corrected chi connectivity index (χ4v) is 3.99. The molecule has 176 valence electrons. The molecule has 3 rings (SSSR count). The number of carbonyl (C=O) groups excluding carboxylic acids is 2. The molecule has 9 nitrogen and oxygen atoms in total. The van der Waals surface area contributed by atoms with E-state index in [1.807, 2.05) is 20.8 Å². The first kappa shape index (κ1) is 24.4. The molecule has 1 fully saturated rings. The number of benzene rings is 1. The molecule has 1 saturated heterocycles. The van der Waals surface area contributed by atoms with Gasteiger partial charge in [0.05, 0.1) is 0 Å². The van der Waals surface area contributed by atoms with Crippen molar-refractivity contribution in [1.82, 2.24) is 25.1 Å². The summed E-state index contributed by atoms with van der Waals surface area (Å²) >= 11 is 6.17. The van der Waals surface area contributed by atoms with E-state index >= 15 is 0 Å². The maximum Gasteiger partial charge on any atom is 0.408 e. The van der Waals surface area contributed by atoms with Crippen LogP contribution in [0.4, 0.5) is 4.79 Å². The number of hydrogen-bond acceptors (Lipinski definition) is 5. The van der Waals surface area contributed by atoms with Gasteiger partial charge in [-0.25, -0.2) is 14.8 Å². The number of carbonyl (C=O) groups is 3. The van der Waals surface area contributed by atoms with Gasteiger partial charge in [-0.15, -0.1) is 0 Å². The molecule has 1 aromatic carbocycles. The average molecular weight is 474 g/mol. The Balaban J connectivity index is 1.72. The third kappa shape index (κ3) is 5.98. The van der Waals surface area contributed by atoms with Crippen molar-refractivity contribution in [2.24, 2.45) is 0 Å². The van der Waals surface area contributed by atoms with Crippen molar-refractivity contribution in [3.05, 3.63) is 58.6 Å². The Morgan fingerprint density at radius 3 is 2.55 bits per heavy atom. The van der Waals surface area contributed by atoms with Gasteiger partial charge < -0.3 is 15.3 Å². The first-order valence-corrected chi connectivity index (χ1v) is 11.1. The predicted molar refractivity (Wildman–Crippen MR) is 123 cm³/mol. The number of nitrogens with one attached hydrogen (secondary N) is 1. The molecule has 1 atom stereocenters. The fraction of sp³-hybridized carbons (Fsp3) is 0.435. The van der Waals surface area contributed by atoms with Gasteiger partial charge in [-0.3, -0.25) is 14.5 Å². The molecule has 1 aliphatic rings. The van der Waals surface area contributed by atoms with Crippen molar-refractivity contribution in [2.45, 2.75) is 58.3 Å². The van der Waals surface area contributed by atoms with Gasteiger partial charge in [0.1, 0.15) is 6.04 Å². The molecule has 33 heavy (non-hydrogen) atoms. The molecule has 2 aromatic rings. The summed E-state index contributed by atoms with van der Waals surface area (Å²) in [6.45, 7) is 6.23. The molecular formula is C23H28ClN5O4. The van der Waals surface area contributed by atoms with Crippen LogP contribution in [0.1, 0.15) is 55.4 Å². The largest absolute Gasteiger partial charge is 0.465 e. The summed E-state index contributed by atoms with van der Waals surface area (Å²) in [5, 5.41) is 13.0. The lowest BCUT2D eigenvalue weighted by molar-refractivity contribution is -0.125. The highest BCUT2D eigenvalue weighted by molar-refractivity contribution is 6.30. The average Bonchev–Trinajstić information content (AvgIpc) is 3.25. The minimum Gasteiger partial charge on any atom is -0.465 e. The van der Waals surface area contributed by atoms with E-state index in [-0.39, 0.29) is 30.7 Å². The predicted octanol–water partition coefficient (Wildman–Crippen LogP) is 3.33. The third-order valence-electron chi connectivity index (χ3n) is 5.56. The van der Waals surface area contributed by atoms with Crippen molar-refractivity contribution in [3.8, 4) is 0 Å². The summed E-state index contributed by atoms with van der Waals surface area (Å²) < 4.78 is 0. The maximum absolute atomic E-state index is 13.0. The van der Waals surface area contributed by atoms with Crippen LogP contribution in [0.15, 0.2) is 36.7 Å². The Kier molecular flexibility index (Phi) is 7.53. The Hall–Kier alpha value is -3.20. The lowest BCUT2D eigenvalue weighted by Crippen LogP contribution is -2.46. The second kappa shape index (κ2) is 10.2. The van der Waals surface area contributed by atoms with E-state index in [2.05, 4.69) is 15.3 Å². The molecule has 2 N–H and O–H groups in total. The number of halogens is 1. The van der Waals surface area contributed by atoms with Crippen LogP contribution in [0.2, 0.25) is 5.02 Å². The monoisotopic (exact) mass is 473 g/mol. The van der Waals surface area contributed by atoms with E-state index < -0.39 is 17.7 Å². The highest BCUT2D eigenvalue weighted by Gasteiger charge is 2.35. The quantitative estimate of drug-likeness (QED) is 0.664. The summed E-state index contributed by atoms with van der Waals surface area (Å²) in [6, 6.07) is 6.19. The van der Waals surface area contributed by atoms with Crippen LogP contribution in [0.25, 0.3) is 0 Å². The van der Waals surface area contributed by atoms with E-state index in [9.17, 15) is 19.5 Å². The number of amides is 3. The zero-order valence-corrected chi connectivity index (χ0v) is 19.7. The molecule has 0 spiro atoms. The van der Waals surface area contributed by atoms with Crippen molar-refractivity contribution >= 4 is 29.5 Å². The van der Waals surface area contributed by atoms with Gasteiger partial charge in [-0.2, -0.15) is 0 Å². The van der Waals surface area contributed by atoms with Crippen LogP contribution in [-0.2, 0) is 17.9 Å². The van der Waals surface area contributed by atoms with E-state index in [4.69, 9.17) is 11.6 Å². The van der Waals surface area contributed by atoms with E-state index in [0.29, 0.717) is 30.0 Å². The summed E-state index contributed by atoms with van der Waals surface area (Å²) in [5.74, 6) is -0.599. The molecule has 0 saturated carbocycles. The van der Waals surface area contributed by atoms with Crippen molar-refractivity contribution in [2.75, 3.05) is 6.54 Å². The first-order valence-electron chi connectivity index (χ1n) is 10.7. The zero-order chi connectivity index (χ0) is 24.2. The van der Waals surface area contributed by atoms with Crippen LogP contribution in [0, 0.1) is 0 Å². The van der Waals surface area contributed by atoms with Crippen LogP contribution in [0.3, 0.4) is 0 Å². The standard InChI is InChI=1S/C23H28ClN5O4/c1-23(2,3)29(22(32)33)14-15-7-8-17(24)12-16(15)13-27-20(30)18-6-4-11-28(18)21(31)19-25-9-5-10-26-19/h5,7-10,12,18H,4,6,11,13-14H2,1-3H3,(H,27,30)(H,32,33)/t18-/m0/s1.